The summed E-state index contributed by atoms with van der Waals surface area (Å²) in [6, 6.07) is 2.63. The SMILES string of the molecule is Cc1cc(-c2cnc(Nc3cnc(CNC(C)c4nc(C)cs4)cn3)s2)nc(NC2CCCCC2)n1. The first-order chi connectivity index (χ1) is 17.5. The Morgan fingerprint density at radius 2 is 1.83 bits per heavy atom. The Morgan fingerprint density at radius 1 is 0.972 bits per heavy atom. The lowest BCUT2D eigenvalue weighted by Crippen LogP contribution is -2.23. The Balaban J connectivity index is 1.19. The van der Waals surface area contributed by atoms with Gasteiger partial charge in [-0.15, -0.1) is 11.3 Å². The molecule has 5 rings (SSSR count). The number of hydrogen-bond acceptors (Lipinski definition) is 11. The summed E-state index contributed by atoms with van der Waals surface area (Å²) in [6.45, 7) is 6.74. The summed E-state index contributed by atoms with van der Waals surface area (Å²) in [6.07, 6.45) is 11.6. The van der Waals surface area contributed by atoms with Crippen LogP contribution in [0.1, 0.15) is 67.2 Å². The fourth-order valence-electron chi connectivity index (χ4n) is 4.18. The van der Waals surface area contributed by atoms with Crippen LogP contribution in [0.2, 0.25) is 0 Å². The monoisotopic (exact) mass is 521 g/mol. The minimum atomic E-state index is 0.167. The molecule has 0 aromatic carbocycles. The van der Waals surface area contributed by atoms with Crippen LogP contribution in [0.3, 0.4) is 0 Å². The Morgan fingerprint density at radius 3 is 2.58 bits per heavy atom. The number of rotatable bonds is 9. The average molecular weight is 522 g/mol. The van der Waals surface area contributed by atoms with Crippen molar-refractivity contribution in [1.29, 1.82) is 0 Å². The number of nitrogens with one attached hydrogen (secondary N) is 3. The maximum Gasteiger partial charge on any atom is 0.223 e. The lowest BCUT2D eigenvalue weighted by molar-refractivity contribution is 0.461. The molecule has 4 heterocycles. The van der Waals surface area contributed by atoms with E-state index in [1.165, 1.54) is 43.4 Å². The summed E-state index contributed by atoms with van der Waals surface area (Å²) in [4.78, 5) is 28.4. The highest BCUT2D eigenvalue weighted by Gasteiger charge is 2.16. The highest BCUT2D eigenvalue weighted by Crippen LogP contribution is 2.30. The number of nitrogens with zero attached hydrogens (tertiary/aromatic N) is 6. The number of aromatic nitrogens is 6. The van der Waals surface area contributed by atoms with Gasteiger partial charge in [0.05, 0.1) is 34.7 Å². The lowest BCUT2D eigenvalue weighted by Gasteiger charge is -2.22. The highest BCUT2D eigenvalue weighted by atomic mass is 32.1. The van der Waals surface area contributed by atoms with Crippen LogP contribution in [-0.4, -0.2) is 35.9 Å². The molecule has 1 aliphatic carbocycles. The van der Waals surface area contributed by atoms with Gasteiger partial charge in [-0.25, -0.2) is 24.9 Å². The van der Waals surface area contributed by atoms with Crippen molar-refractivity contribution in [1.82, 2.24) is 35.2 Å². The van der Waals surface area contributed by atoms with Gasteiger partial charge < -0.3 is 16.0 Å². The Bertz CT molecular complexity index is 1280. The molecule has 188 valence electrons. The van der Waals surface area contributed by atoms with E-state index < -0.39 is 0 Å². The molecular formula is C25H31N9S2. The van der Waals surface area contributed by atoms with Crippen molar-refractivity contribution < 1.29 is 0 Å². The molecule has 3 N–H and O–H groups in total. The van der Waals surface area contributed by atoms with E-state index >= 15 is 0 Å². The quantitative estimate of drug-likeness (QED) is 0.251. The van der Waals surface area contributed by atoms with Crippen molar-refractivity contribution in [3.63, 3.8) is 0 Å². The zero-order valence-electron chi connectivity index (χ0n) is 20.8. The van der Waals surface area contributed by atoms with Gasteiger partial charge in [0.2, 0.25) is 5.95 Å². The Labute approximate surface area is 219 Å². The van der Waals surface area contributed by atoms with Crippen LogP contribution < -0.4 is 16.0 Å². The molecule has 0 aliphatic heterocycles. The van der Waals surface area contributed by atoms with Crippen molar-refractivity contribution in [2.75, 3.05) is 10.6 Å². The minimum Gasteiger partial charge on any atom is -0.351 e. The third-order valence-corrected chi connectivity index (χ3v) is 8.17. The van der Waals surface area contributed by atoms with Gasteiger partial charge in [-0.05, 0) is 39.7 Å². The van der Waals surface area contributed by atoms with E-state index in [2.05, 4.69) is 53.2 Å². The minimum absolute atomic E-state index is 0.167. The van der Waals surface area contributed by atoms with E-state index in [0.717, 1.165) is 37.8 Å². The van der Waals surface area contributed by atoms with Gasteiger partial charge in [0.1, 0.15) is 5.01 Å². The second-order valence-electron chi connectivity index (χ2n) is 9.17. The molecule has 1 aliphatic rings. The van der Waals surface area contributed by atoms with Crippen LogP contribution in [0, 0.1) is 13.8 Å². The fourth-order valence-corrected chi connectivity index (χ4v) is 5.79. The van der Waals surface area contributed by atoms with Crippen molar-refractivity contribution >= 4 is 39.6 Å². The first-order valence-electron chi connectivity index (χ1n) is 12.3. The van der Waals surface area contributed by atoms with E-state index in [4.69, 9.17) is 4.98 Å². The first kappa shape index (κ1) is 24.7. The summed E-state index contributed by atoms with van der Waals surface area (Å²) >= 11 is 3.21. The van der Waals surface area contributed by atoms with E-state index in [1.54, 1.807) is 23.7 Å². The predicted octanol–water partition coefficient (Wildman–Crippen LogP) is 5.80. The molecule has 0 radical (unpaired) electrons. The van der Waals surface area contributed by atoms with E-state index in [9.17, 15) is 0 Å². The van der Waals surface area contributed by atoms with Crippen molar-refractivity contribution in [3.05, 3.63) is 52.1 Å². The molecule has 1 saturated carbocycles. The second kappa shape index (κ2) is 11.4. The van der Waals surface area contributed by atoms with Crippen LogP contribution in [0.15, 0.2) is 30.0 Å². The molecule has 0 bridgehead atoms. The topological polar surface area (TPSA) is 113 Å². The molecule has 0 spiro atoms. The summed E-state index contributed by atoms with van der Waals surface area (Å²) in [5, 5.41) is 14.1. The molecule has 0 amide bonds. The molecule has 1 unspecified atom stereocenters. The third kappa shape index (κ3) is 6.40. The standard InChI is InChI=1S/C25H31N9S2/c1-15-9-20(33-24(31-15)32-18-7-5-4-6-8-18)21-12-29-25(36-21)34-22-13-27-19(11-28-22)10-26-17(3)23-30-16(2)14-35-23/h9,11-14,17-18,26H,4-8,10H2,1-3H3,(H,28,29,34)(H,31,32,33). The van der Waals surface area contributed by atoms with E-state index in [0.29, 0.717) is 24.4 Å². The second-order valence-corrected chi connectivity index (χ2v) is 11.1. The van der Waals surface area contributed by atoms with Crippen LogP contribution in [0.25, 0.3) is 10.6 Å². The van der Waals surface area contributed by atoms with Gasteiger partial charge in [0.15, 0.2) is 10.9 Å². The molecule has 1 fully saturated rings. The lowest BCUT2D eigenvalue weighted by atomic mass is 9.96. The van der Waals surface area contributed by atoms with Crippen molar-refractivity contribution in [2.24, 2.45) is 0 Å². The smallest absolute Gasteiger partial charge is 0.223 e. The highest BCUT2D eigenvalue weighted by molar-refractivity contribution is 7.18. The van der Waals surface area contributed by atoms with Gasteiger partial charge in [0.25, 0.3) is 0 Å². The fraction of sp³-hybridized carbons (Fsp3) is 0.440. The normalized spacial score (nSPS) is 15.1. The Kier molecular flexibility index (Phi) is 7.78. The predicted molar refractivity (Wildman–Crippen MR) is 146 cm³/mol. The molecule has 4 aromatic rings. The maximum atomic E-state index is 4.77. The van der Waals surface area contributed by atoms with Gasteiger partial charge in [-0.2, -0.15) is 0 Å². The molecule has 4 aromatic heterocycles. The van der Waals surface area contributed by atoms with Crippen LogP contribution >= 0.6 is 22.7 Å². The van der Waals surface area contributed by atoms with Crippen LogP contribution in [0.5, 0.6) is 0 Å². The number of hydrogen-bond donors (Lipinski definition) is 3. The van der Waals surface area contributed by atoms with Crippen molar-refractivity contribution in [3.8, 4) is 10.6 Å². The van der Waals surface area contributed by atoms with Crippen LogP contribution in [-0.2, 0) is 6.54 Å². The molecule has 0 saturated heterocycles. The number of thiazole rings is 2. The molecule has 1 atom stereocenters. The molecular weight excluding hydrogens is 490 g/mol. The van der Waals surface area contributed by atoms with Gasteiger partial charge in [-0.1, -0.05) is 30.6 Å². The van der Waals surface area contributed by atoms with Gasteiger partial charge in [0, 0.05) is 35.6 Å². The molecule has 9 nitrogen and oxygen atoms in total. The maximum absolute atomic E-state index is 4.77. The Hall–Kier alpha value is -3.02. The zero-order chi connectivity index (χ0) is 24.9. The average Bonchev–Trinajstić information content (AvgIpc) is 3.53. The molecule has 11 heteroatoms. The van der Waals surface area contributed by atoms with Gasteiger partial charge >= 0.3 is 0 Å². The van der Waals surface area contributed by atoms with Crippen molar-refractivity contribution in [2.45, 2.75) is 71.5 Å². The van der Waals surface area contributed by atoms with E-state index in [1.807, 2.05) is 26.1 Å². The molecule has 36 heavy (non-hydrogen) atoms. The number of aryl methyl sites for hydroxylation is 2. The number of anilines is 3. The first-order valence-corrected chi connectivity index (χ1v) is 14.0. The summed E-state index contributed by atoms with van der Waals surface area (Å²) in [5.41, 5.74) is 3.74. The summed E-state index contributed by atoms with van der Waals surface area (Å²) in [5.74, 6) is 1.36. The van der Waals surface area contributed by atoms with E-state index in [-0.39, 0.29) is 6.04 Å². The zero-order valence-corrected chi connectivity index (χ0v) is 22.4. The summed E-state index contributed by atoms with van der Waals surface area (Å²) in [7, 11) is 0. The largest absolute Gasteiger partial charge is 0.351 e. The third-order valence-electron chi connectivity index (χ3n) is 6.09. The summed E-state index contributed by atoms with van der Waals surface area (Å²) < 4.78 is 0. The van der Waals surface area contributed by atoms with Crippen LogP contribution in [0.4, 0.5) is 16.9 Å². The van der Waals surface area contributed by atoms with Gasteiger partial charge in [-0.3, -0.25) is 4.98 Å².